The maximum atomic E-state index is 11.4. The molecule has 0 unspecified atom stereocenters. The van der Waals surface area contributed by atoms with Crippen LogP contribution < -0.4 is 0 Å². The van der Waals surface area contributed by atoms with Gasteiger partial charge in [0.25, 0.3) is 0 Å². The molecule has 0 aliphatic heterocycles. The number of nitrogens with zero attached hydrogens (tertiary/aromatic N) is 2. The largest absolute Gasteiger partial charge is 0.469 e. The van der Waals surface area contributed by atoms with Crippen molar-refractivity contribution in [3.05, 3.63) is 17.0 Å². The van der Waals surface area contributed by atoms with Crippen molar-refractivity contribution in [3.63, 3.8) is 0 Å². The lowest BCUT2D eigenvalue weighted by Crippen LogP contribution is -2.13. The first-order chi connectivity index (χ1) is 10.1. The fraction of sp³-hybridized carbons (Fsp3) is 0.643. The first-order valence-electron chi connectivity index (χ1n) is 6.88. The summed E-state index contributed by atoms with van der Waals surface area (Å²) in [6, 6.07) is 1.75. The van der Waals surface area contributed by atoms with Crippen molar-refractivity contribution in [1.29, 1.82) is 0 Å². The van der Waals surface area contributed by atoms with Gasteiger partial charge in [-0.15, -0.1) is 11.8 Å². The van der Waals surface area contributed by atoms with E-state index in [-0.39, 0.29) is 11.4 Å². The Balaban J connectivity index is 1.93. The molecule has 0 radical (unpaired) electrons. The monoisotopic (exact) mass is 330 g/mol. The van der Waals surface area contributed by atoms with E-state index in [1.165, 1.54) is 7.11 Å². The topological polar surface area (TPSA) is 61.3 Å². The van der Waals surface area contributed by atoms with Gasteiger partial charge in [-0.3, -0.25) is 4.79 Å². The van der Waals surface area contributed by atoms with Gasteiger partial charge in [-0.2, -0.15) is 0 Å². The zero-order valence-electron chi connectivity index (χ0n) is 12.2. The number of aromatic nitrogens is 2. The number of hydrogen-bond donors (Lipinski definition) is 0. The van der Waals surface area contributed by atoms with E-state index in [1.54, 1.807) is 17.8 Å². The molecule has 1 aromatic heterocycles. The third kappa shape index (κ3) is 5.13. The third-order valence-electron chi connectivity index (χ3n) is 3.38. The second kappa shape index (κ2) is 7.42. The van der Waals surface area contributed by atoms with Gasteiger partial charge in [0.05, 0.1) is 13.5 Å². The molecular weight excluding hydrogens is 312 g/mol. The predicted octanol–water partition coefficient (Wildman–Crippen LogP) is 3.10. The molecule has 1 aromatic rings. The number of esters is 1. The highest BCUT2D eigenvalue weighted by Gasteiger charge is 2.44. The van der Waals surface area contributed by atoms with Crippen LogP contribution in [0, 0.1) is 5.41 Å². The summed E-state index contributed by atoms with van der Waals surface area (Å²) in [7, 11) is 1.43. The molecule has 116 valence electrons. The number of thioether (sulfide) groups is 1. The smallest absolute Gasteiger partial charge is 0.306 e. The van der Waals surface area contributed by atoms with Crippen LogP contribution in [0.15, 0.2) is 11.1 Å². The van der Waals surface area contributed by atoms with E-state index in [4.69, 9.17) is 21.1 Å². The molecule has 0 amide bonds. The Hall–Kier alpha value is -0.850. The predicted molar refractivity (Wildman–Crippen MR) is 81.4 cm³/mol. The van der Waals surface area contributed by atoms with Gasteiger partial charge in [0.2, 0.25) is 0 Å². The van der Waals surface area contributed by atoms with Crippen molar-refractivity contribution in [3.8, 4) is 0 Å². The molecule has 21 heavy (non-hydrogen) atoms. The maximum Gasteiger partial charge on any atom is 0.306 e. The van der Waals surface area contributed by atoms with E-state index in [0.29, 0.717) is 30.6 Å². The average Bonchev–Trinajstić information content (AvgIpc) is 3.22. The van der Waals surface area contributed by atoms with Gasteiger partial charge < -0.3 is 9.47 Å². The zero-order valence-corrected chi connectivity index (χ0v) is 13.8. The maximum absolute atomic E-state index is 11.4. The molecule has 7 heteroatoms. The highest BCUT2D eigenvalue weighted by molar-refractivity contribution is 7.99. The minimum atomic E-state index is -0.147. The molecule has 0 saturated heterocycles. The molecule has 1 aliphatic rings. The minimum absolute atomic E-state index is 0.0648. The Bertz CT molecular complexity index is 509. The van der Waals surface area contributed by atoms with Crippen LogP contribution in [0.3, 0.4) is 0 Å². The summed E-state index contributed by atoms with van der Waals surface area (Å²) in [6.45, 7) is 2.89. The second-order valence-corrected chi connectivity index (χ2v) is 6.51. The normalized spacial score (nSPS) is 15.8. The van der Waals surface area contributed by atoms with Gasteiger partial charge >= 0.3 is 5.97 Å². The molecule has 0 N–H and O–H groups in total. The lowest BCUT2D eigenvalue weighted by Gasteiger charge is -2.13. The van der Waals surface area contributed by atoms with E-state index < -0.39 is 0 Å². The van der Waals surface area contributed by atoms with Gasteiger partial charge in [-0.05, 0) is 25.2 Å². The van der Waals surface area contributed by atoms with Crippen molar-refractivity contribution in [2.24, 2.45) is 5.41 Å². The van der Waals surface area contributed by atoms with Crippen LogP contribution in [0.1, 0.15) is 32.0 Å². The molecule has 0 aromatic carbocycles. The minimum Gasteiger partial charge on any atom is -0.469 e. The van der Waals surface area contributed by atoms with Crippen LogP contribution in [-0.4, -0.2) is 35.4 Å². The van der Waals surface area contributed by atoms with Crippen molar-refractivity contribution < 1.29 is 14.3 Å². The Labute approximate surface area is 133 Å². The van der Waals surface area contributed by atoms with E-state index >= 15 is 0 Å². The average molecular weight is 331 g/mol. The van der Waals surface area contributed by atoms with E-state index in [9.17, 15) is 4.79 Å². The summed E-state index contributed by atoms with van der Waals surface area (Å²) in [5.74, 6) is 1.28. The highest BCUT2D eigenvalue weighted by Crippen LogP contribution is 2.52. The van der Waals surface area contributed by atoms with Crippen LogP contribution in [-0.2, 0) is 20.9 Å². The molecule has 1 saturated carbocycles. The molecular formula is C14H19ClN2O3S. The fourth-order valence-corrected chi connectivity index (χ4v) is 3.40. The van der Waals surface area contributed by atoms with Crippen molar-refractivity contribution >= 4 is 29.3 Å². The van der Waals surface area contributed by atoms with Crippen molar-refractivity contribution in [2.75, 3.05) is 19.5 Å². The van der Waals surface area contributed by atoms with Crippen LogP contribution in [0.5, 0.6) is 0 Å². The first kappa shape index (κ1) is 16.5. The van der Waals surface area contributed by atoms with Crippen LogP contribution in [0.25, 0.3) is 0 Å². The summed E-state index contributed by atoms with van der Waals surface area (Å²) in [6.07, 6.45) is 2.58. The molecule has 0 atom stereocenters. The molecule has 1 aliphatic carbocycles. The number of hydrogen-bond acceptors (Lipinski definition) is 6. The van der Waals surface area contributed by atoms with Gasteiger partial charge in [0, 0.05) is 18.4 Å². The first-order valence-corrected chi connectivity index (χ1v) is 8.24. The lowest BCUT2D eigenvalue weighted by atomic mass is 10.1. The number of halogens is 1. The molecule has 0 spiro atoms. The summed E-state index contributed by atoms with van der Waals surface area (Å²) in [5, 5.41) is 1.24. The number of carbonyl (C=O) groups is 1. The second-order valence-electron chi connectivity index (χ2n) is 5.12. The van der Waals surface area contributed by atoms with Gasteiger partial charge in [0.15, 0.2) is 5.82 Å². The van der Waals surface area contributed by atoms with E-state index in [2.05, 4.69) is 9.97 Å². The third-order valence-corrected chi connectivity index (χ3v) is 4.84. The molecule has 1 fully saturated rings. The molecule has 5 nitrogen and oxygen atoms in total. The number of ether oxygens (including phenoxy) is 2. The van der Waals surface area contributed by atoms with Crippen LogP contribution >= 0.6 is 23.4 Å². The van der Waals surface area contributed by atoms with E-state index in [1.807, 2.05) is 6.92 Å². The van der Waals surface area contributed by atoms with E-state index in [0.717, 1.165) is 23.6 Å². The SMILES string of the molecule is CCOCc1nc(Cl)cc(SCC2(CC(=O)OC)CC2)n1. The Morgan fingerprint density at radius 3 is 2.86 bits per heavy atom. The fourth-order valence-electron chi connectivity index (χ4n) is 1.93. The zero-order chi connectivity index (χ0) is 15.3. The highest BCUT2D eigenvalue weighted by atomic mass is 35.5. The number of methoxy groups -OCH3 is 1. The Kier molecular flexibility index (Phi) is 5.84. The molecule has 2 rings (SSSR count). The number of rotatable bonds is 8. The summed E-state index contributed by atoms with van der Waals surface area (Å²) in [4.78, 5) is 20.0. The van der Waals surface area contributed by atoms with Crippen LogP contribution in [0.2, 0.25) is 5.15 Å². The summed E-state index contributed by atoms with van der Waals surface area (Å²) < 4.78 is 10.0. The quantitative estimate of drug-likeness (QED) is 0.414. The lowest BCUT2D eigenvalue weighted by molar-refractivity contribution is -0.141. The molecule has 0 bridgehead atoms. The summed E-state index contributed by atoms with van der Waals surface area (Å²) in [5.41, 5.74) is 0.0648. The van der Waals surface area contributed by atoms with Gasteiger partial charge in [-0.1, -0.05) is 11.6 Å². The summed E-state index contributed by atoms with van der Waals surface area (Å²) >= 11 is 7.61. The van der Waals surface area contributed by atoms with Crippen LogP contribution in [0.4, 0.5) is 0 Å². The standard InChI is InChI=1S/C14H19ClN2O3S/c1-3-20-8-11-16-10(15)6-12(17-11)21-9-14(4-5-14)7-13(18)19-2/h6H,3-5,7-9H2,1-2H3. The molecule has 1 heterocycles. The van der Waals surface area contributed by atoms with Crippen molar-refractivity contribution in [2.45, 2.75) is 37.8 Å². The number of carbonyl (C=O) groups excluding carboxylic acids is 1. The van der Waals surface area contributed by atoms with Gasteiger partial charge in [0.1, 0.15) is 16.8 Å². The van der Waals surface area contributed by atoms with Crippen molar-refractivity contribution in [1.82, 2.24) is 9.97 Å². The van der Waals surface area contributed by atoms with Gasteiger partial charge in [-0.25, -0.2) is 9.97 Å². The Morgan fingerprint density at radius 1 is 1.48 bits per heavy atom. The Morgan fingerprint density at radius 2 is 2.24 bits per heavy atom.